The summed E-state index contributed by atoms with van der Waals surface area (Å²) in [5.41, 5.74) is 1.40. The number of aliphatic carboxylic acids is 1. The van der Waals surface area contributed by atoms with Gasteiger partial charge in [-0.2, -0.15) is 0 Å². The first-order chi connectivity index (χ1) is 7.60. The molecule has 0 aliphatic heterocycles. The highest BCUT2D eigenvalue weighted by atomic mass is 16.4. The molecule has 0 radical (unpaired) electrons. The molecule has 1 atom stereocenters. The van der Waals surface area contributed by atoms with E-state index in [9.17, 15) is 4.79 Å². The maximum Gasteiger partial charge on any atom is 0.327 e. The second-order valence-electron chi connectivity index (χ2n) is 3.42. The van der Waals surface area contributed by atoms with E-state index in [1.54, 1.807) is 0 Å². The van der Waals surface area contributed by atoms with Gasteiger partial charge < -0.3 is 10.4 Å². The maximum absolute atomic E-state index is 9.25. The highest BCUT2D eigenvalue weighted by Crippen LogP contribution is 2.01. The molecular formula is C13H19NO2. The van der Waals surface area contributed by atoms with Gasteiger partial charge >= 0.3 is 5.97 Å². The van der Waals surface area contributed by atoms with Crippen LogP contribution < -0.4 is 5.32 Å². The van der Waals surface area contributed by atoms with Crippen LogP contribution in [0.5, 0.6) is 0 Å². The minimum atomic E-state index is -0.981. The Morgan fingerprint density at radius 3 is 2.38 bits per heavy atom. The van der Waals surface area contributed by atoms with E-state index >= 15 is 0 Å². The minimum absolute atomic E-state index is 0.567. The molecular weight excluding hydrogens is 202 g/mol. The van der Waals surface area contributed by atoms with Crippen molar-refractivity contribution in [1.82, 2.24) is 5.32 Å². The van der Waals surface area contributed by atoms with E-state index in [4.69, 9.17) is 5.11 Å². The number of benzene rings is 1. The SMILES string of the molecule is C=CC(=O)O.CNC(C)Cc1ccccc1. The van der Waals surface area contributed by atoms with Gasteiger partial charge in [0.2, 0.25) is 0 Å². The Balaban J connectivity index is 0.000000385. The molecule has 0 aliphatic rings. The summed E-state index contributed by atoms with van der Waals surface area (Å²) < 4.78 is 0. The Morgan fingerprint density at radius 1 is 1.50 bits per heavy atom. The fourth-order valence-corrected chi connectivity index (χ4v) is 1.07. The predicted octanol–water partition coefficient (Wildman–Crippen LogP) is 2.09. The molecule has 0 bridgehead atoms. The molecule has 2 N–H and O–H groups in total. The van der Waals surface area contributed by atoms with Gasteiger partial charge in [0.15, 0.2) is 0 Å². The summed E-state index contributed by atoms with van der Waals surface area (Å²) in [7, 11) is 1.99. The summed E-state index contributed by atoms with van der Waals surface area (Å²) in [6.45, 7) is 5.15. The van der Waals surface area contributed by atoms with Crippen molar-refractivity contribution in [3.05, 3.63) is 48.6 Å². The van der Waals surface area contributed by atoms with E-state index < -0.39 is 5.97 Å². The normalized spacial score (nSPS) is 10.9. The average molecular weight is 221 g/mol. The molecule has 0 saturated carbocycles. The van der Waals surface area contributed by atoms with Crippen LogP contribution in [0.2, 0.25) is 0 Å². The van der Waals surface area contributed by atoms with Crippen molar-refractivity contribution in [3.63, 3.8) is 0 Å². The number of hydrogen-bond donors (Lipinski definition) is 2. The van der Waals surface area contributed by atoms with Crippen LogP contribution in [-0.4, -0.2) is 24.2 Å². The molecule has 3 nitrogen and oxygen atoms in total. The fourth-order valence-electron chi connectivity index (χ4n) is 1.07. The van der Waals surface area contributed by atoms with Crippen LogP contribution >= 0.6 is 0 Å². The van der Waals surface area contributed by atoms with Gasteiger partial charge in [-0.05, 0) is 26.0 Å². The highest BCUT2D eigenvalue weighted by Gasteiger charge is 1.97. The summed E-state index contributed by atoms with van der Waals surface area (Å²) in [6, 6.07) is 11.1. The lowest BCUT2D eigenvalue weighted by atomic mass is 10.1. The van der Waals surface area contributed by atoms with E-state index in [1.807, 2.05) is 13.1 Å². The molecule has 0 aromatic heterocycles. The first-order valence-corrected chi connectivity index (χ1v) is 5.16. The van der Waals surface area contributed by atoms with E-state index in [0.29, 0.717) is 6.04 Å². The standard InChI is InChI=1S/C10H15N.C3H4O2/c1-9(11-2)8-10-6-4-3-5-7-10;1-2-3(4)5/h3-7,9,11H,8H2,1-2H3;2H,1H2,(H,4,5). The van der Waals surface area contributed by atoms with Gasteiger partial charge in [0.25, 0.3) is 0 Å². The molecule has 0 aliphatic carbocycles. The molecule has 0 amide bonds. The zero-order valence-corrected chi connectivity index (χ0v) is 9.81. The number of carbonyl (C=O) groups is 1. The topological polar surface area (TPSA) is 49.3 Å². The number of likely N-dealkylation sites (N-methyl/N-ethyl adjacent to an activating group) is 1. The van der Waals surface area contributed by atoms with Crippen LogP contribution in [-0.2, 0) is 11.2 Å². The summed E-state index contributed by atoms with van der Waals surface area (Å²) in [4.78, 5) is 9.25. The molecule has 88 valence electrons. The molecule has 0 spiro atoms. The van der Waals surface area contributed by atoms with Crippen LogP contribution in [0.1, 0.15) is 12.5 Å². The number of hydrogen-bond acceptors (Lipinski definition) is 2. The van der Waals surface area contributed by atoms with Gasteiger partial charge in [0.1, 0.15) is 0 Å². The molecule has 0 heterocycles. The van der Waals surface area contributed by atoms with Gasteiger partial charge in [-0.15, -0.1) is 0 Å². The zero-order chi connectivity index (χ0) is 12.4. The van der Waals surface area contributed by atoms with Crippen molar-refractivity contribution < 1.29 is 9.90 Å². The van der Waals surface area contributed by atoms with E-state index in [2.05, 4.69) is 43.1 Å². The number of nitrogens with one attached hydrogen (secondary N) is 1. The average Bonchev–Trinajstić information content (AvgIpc) is 2.31. The Labute approximate surface area is 96.8 Å². The van der Waals surface area contributed by atoms with Crippen molar-refractivity contribution in [2.24, 2.45) is 0 Å². The Bertz CT molecular complexity index is 309. The lowest BCUT2D eigenvalue weighted by Crippen LogP contribution is -2.23. The van der Waals surface area contributed by atoms with Gasteiger partial charge in [-0.1, -0.05) is 36.9 Å². The second-order valence-corrected chi connectivity index (χ2v) is 3.42. The molecule has 1 unspecified atom stereocenters. The van der Waals surface area contributed by atoms with E-state index in [1.165, 1.54) is 5.56 Å². The van der Waals surface area contributed by atoms with Crippen molar-refractivity contribution >= 4 is 5.97 Å². The monoisotopic (exact) mass is 221 g/mol. The predicted molar refractivity (Wildman–Crippen MR) is 66.5 cm³/mol. The third kappa shape index (κ3) is 7.76. The summed E-state index contributed by atoms with van der Waals surface area (Å²) >= 11 is 0. The summed E-state index contributed by atoms with van der Waals surface area (Å²) in [5.74, 6) is -0.981. The largest absolute Gasteiger partial charge is 0.478 e. The van der Waals surface area contributed by atoms with Crippen molar-refractivity contribution in [2.75, 3.05) is 7.05 Å². The second kappa shape index (κ2) is 8.68. The fraction of sp³-hybridized carbons (Fsp3) is 0.308. The van der Waals surface area contributed by atoms with Crippen LogP contribution in [0.4, 0.5) is 0 Å². The quantitative estimate of drug-likeness (QED) is 0.765. The van der Waals surface area contributed by atoms with Crippen molar-refractivity contribution in [2.45, 2.75) is 19.4 Å². The number of rotatable bonds is 4. The van der Waals surface area contributed by atoms with Gasteiger partial charge in [-0.3, -0.25) is 0 Å². The molecule has 1 aromatic rings. The van der Waals surface area contributed by atoms with Crippen LogP contribution in [0.3, 0.4) is 0 Å². The molecule has 0 saturated heterocycles. The first kappa shape index (κ1) is 14.4. The third-order valence-corrected chi connectivity index (χ3v) is 2.05. The smallest absolute Gasteiger partial charge is 0.327 e. The van der Waals surface area contributed by atoms with Gasteiger partial charge in [0.05, 0.1) is 0 Å². The van der Waals surface area contributed by atoms with Crippen LogP contribution in [0.25, 0.3) is 0 Å². The molecule has 1 aromatic carbocycles. The number of carboxylic acid groups (broad SMARTS) is 1. The lowest BCUT2D eigenvalue weighted by molar-refractivity contribution is -0.131. The lowest BCUT2D eigenvalue weighted by Gasteiger charge is -2.08. The van der Waals surface area contributed by atoms with E-state index in [-0.39, 0.29) is 0 Å². The Morgan fingerprint density at radius 2 is 2.00 bits per heavy atom. The minimum Gasteiger partial charge on any atom is -0.478 e. The maximum atomic E-state index is 9.25. The summed E-state index contributed by atoms with van der Waals surface area (Å²) in [6.07, 6.45) is 1.94. The zero-order valence-electron chi connectivity index (χ0n) is 9.81. The van der Waals surface area contributed by atoms with Crippen LogP contribution in [0.15, 0.2) is 43.0 Å². The van der Waals surface area contributed by atoms with E-state index in [0.717, 1.165) is 12.5 Å². The molecule has 1 rings (SSSR count). The van der Waals surface area contributed by atoms with Gasteiger partial charge in [0, 0.05) is 12.1 Å². The Kier molecular flexibility index (Phi) is 7.81. The molecule has 3 heteroatoms. The summed E-state index contributed by atoms with van der Waals surface area (Å²) in [5, 5.41) is 10.8. The van der Waals surface area contributed by atoms with Gasteiger partial charge in [-0.25, -0.2) is 4.79 Å². The third-order valence-electron chi connectivity index (χ3n) is 2.05. The first-order valence-electron chi connectivity index (χ1n) is 5.16. The Hall–Kier alpha value is -1.61. The number of carboxylic acids is 1. The highest BCUT2D eigenvalue weighted by molar-refractivity contribution is 5.78. The molecule has 16 heavy (non-hydrogen) atoms. The van der Waals surface area contributed by atoms with Crippen molar-refractivity contribution in [1.29, 1.82) is 0 Å². The van der Waals surface area contributed by atoms with Crippen LogP contribution in [0, 0.1) is 0 Å². The molecule has 0 fully saturated rings. The van der Waals surface area contributed by atoms with Crippen molar-refractivity contribution in [3.8, 4) is 0 Å².